The fourth-order valence-corrected chi connectivity index (χ4v) is 1.84. The van der Waals surface area contributed by atoms with Gasteiger partial charge < -0.3 is 25.3 Å². The number of ether oxygens (including phenoxy) is 1. The van der Waals surface area contributed by atoms with Crippen LogP contribution in [0.2, 0.25) is 0 Å². The second-order valence-electron chi connectivity index (χ2n) is 6.13. The van der Waals surface area contributed by atoms with Gasteiger partial charge in [-0.3, -0.25) is 4.99 Å². The zero-order valence-corrected chi connectivity index (χ0v) is 17.3. The molecule has 0 aromatic carbocycles. The zero-order valence-electron chi connectivity index (χ0n) is 15.0. The Hall–Kier alpha value is -1.45. The van der Waals surface area contributed by atoms with Crippen molar-refractivity contribution in [2.24, 2.45) is 4.99 Å². The number of nitrogens with one attached hydrogen (secondary N) is 3. The molecule has 0 aliphatic rings. The number of amides is 1. The number of hydrogen-bond donors (Lipinski definition) is 3. The lowest BCUT2D eigenvalue weighted by atomic mass is 10.2. The van der Waals surface area contributed by atoms with E-state index >= 15 is 0 Å². The molecule has 138 valence electrons. The number of rotatable bonds is 7. The summed E-state index contributed by atoms with van der Waals surface area (Å²) in [6.45, 7) is 8.49. The predicted octanol–water partition coefficient (Wildman–Crippen LogP) is 2.19. The van der Waals surface area contributed by atoms with E-state index in [0.29, 0.717) is 6.54 Å². The van der Waals surface area contributed by atoms with Crippen molar-refractivity contribution in [2.75, 3.05) is 26.7 Å². The van der Waals surface area contributed by atoms with E-state index in [1.165, 1.54) is 0 Å². The number of aliphatic imine (C=N–C) groups is 1. The molecule has 0 aliphatic heterocycles. The Bertz CT molecular complexity index is 483. The van der Waals surface area contributed by atoms with Crippen molar-refractivity contribution in [3.8, 4) is 0 Å². The molecule has 0 saturated carbocycles. The van der Waals surface area contributed by atoms with Gasteiger partial charge in [0.15, 0.2) is 5.96 Å². The molecule has 0 bridgehead atoms. The Morgan fingerprint density at radius 2 is 1.67 bits per heavy atom. The summed E-state index contributed by atoms with van der Waals surface area (Å²) in [7, 11) is 1.74. The molecule has 1 amide bonds. The van der Waals surface area contributed by atoms with Crippen LogP contribution in [0.25, 0.3) is 0 Å². The standard InChI is InChI=1S/C16H29N5O2.HI/c1-16(2,3)23-15(22)20-9-7-8-18-14(17-4)19-10-13-21-11-5-6-12-21;/h5-6,11-12H,7-10,13H2,1-4H3,(H,20,22)(H2,17,18,19);1H. The molecule has 0 fully saturated rings. The van der Waals surface area contributed by atoms with Gasteiger partial charge >= 0.3 is 6.09 Å². The van der Waals surface area contributed by atoms with E-state index in [1.807, 2.05) is 45.3 Å². The first-order chi connectivity index (χ1) is 10.9. The first kappa shape index (κ1) is 22.6. The molecule has 0 atom stereocenters. The van der Waals surface area contributed by atoms with Crippen LogP contribution in [-0.4, -0.2) is 48.9 Å². The molecule has 1 aromatic heterocycles. The van der Waals surface area contributed by atoms with Gasteiger partial charge in [-0.25, -0.2) is 4.79 Å². The lowest BCUT2D eigenvalue weighted by Crippen LogP contribution is -2.40. The zero-order chi connectivity index (χ0) is 17.1. The largest absolute Gasteiger partial charge is 0.444 e. The molecule has 8 heteroatoms. The third kappa shape index (κ3) is 11.1. The third-order valence-electron chi connectivity index (χ3n) is 2.87. The highest BCUT2D eigenvalue weighted by molar-refractivity contribution is 14.0. The van der Waals surface area contributed by atoms with Crippen LogP contribution in [0.5, 0.6) is 0 Å². The predicted molar refractivity (Wildman–Crippen MR) is 108 cm³/mol. The van der Waals surface area contributed by atoms with Gasteiger partial charge in [0.05, 0.1) is 0 Å². The summed E-state index contributed by atoms with van der Waals surface area (Å²) in [6.07, 6.45) is 4.46. The maximum Gasteiger partial charge on any atom is 0.407 e. The minimum atomic E-state index is -0.464. The van der Waals surface area contributed by atoms with E-state index in [2.05, 4.69) is 25.5 Å². The molecule has 24 heavy (non-hydrogen) atoms. The van der Waals surface area contributed by atoms with E-state index in [1.54, 1.807) is 7.05 Å². The summed E-state index contributed by atoms with van der Waals surface area (Å²) in [6, 6.07) is 4.01. The van der Waals surface area contributed by atoms with Crippen LogP contribution in [0.4, 0.5) is 4.79 Å². The minimum absolute atomic E-state index is 0. The first-order valence-electron chi connectivity index (χ1n) is 7.93. The molecule has 0 saturated heterocycles. The number of aromatic nitrogens is 1. The van der Waals surface area contributed by atoms with Gasteiger partial charge in [0.1, 0.15) is 5.60 Å². The summed E-state index contributed by atoms with van der Waals surface area (Å²) in [5, 5.41) is 9.18. The molecule has 1 rings (SSSR count). The third-order valence-corrected chi connectivity index (χ3v) is 2.87. The Balaban J connectivity index is 0.00000529. The normalized spacial score (nSPS) is 11.4. The average Bonchev–Trinajstić information content (AvgIpc) is 2.96. The first-order valence-corrected chi connectivity index (χ1v) is 7.93. The van der Waals surface area contributed by atoms with Gasteiger partial charge in [-0.15, -0.1) is 24.0 Å². The lowest BCUT2D eigenvalue weighted by Gasteiger charge is -2.19. The number of hydrogen-bond acceptors (Lipinski definition) is 3. The van der Waals surface area contributed by atoms with Crippen LogP contribution in [0.3, 0.4) is 0 Å². The van der Waals surface area contributed by atoms with Crippen LogP contribution >= 0.6 is 24.0 Å². The van der Waals surface area contributed by atoms with Crippen LogP contribution < -0.4 is 16.0 Å². The SMILES string of the molecule is CN=C(NCCCNC(=O)OC(C)(C)C)NCCn1cccc1.I. The highest BCUT2D eigenvalue weighted by atomic mass is 127. The highest BCUT2D eigenvalue weighted by Crippen LogP contribution is 2.06. The summed E-state index contributed by atoms with van der Waals surface area (Å²) < 4.78 is 7.27. The van der Waals surface area contributed by atoms with Gasteiger partial charge in [-0.05, 0) is 39.3 Å². The van der Waals surface area contributed by atoms with E-state index in [4.69, 9.17) is 4.74 Å². The number of nitrogens with zero attached hydrogens (tertiary/aromatic N) is 2. The molecule has 0 radical (unpaired) electrons. The Kier molecular flexibility index (Phi) is 11.3. The van der Waals surface area contributed by atoms with E-state index < -0.39 is 5.60 Å². The minimum Gasteiger partial charge on any atom is -0.444 e. The molecule has 0 unspecified atom stereocenters. The second-order valence-corrected chi connectivity index (χ2v) is 6.13. The van der Waals surface area contributed by atoms with Gasteiger partial charge in [-0.2, -0.15) is 0 Å². The maximum atomic E-state index is 11.5. The number of guanidine groups is 1. The number of alkyl carbamates (subject to hydrolysis) is 1. The monoisotopic (exact) mass is 451 g/mol. The highest BCUT2D eigenvalue weighted by Gasteiger charge is 2.15. The Labute approximate surface area is 161 Å². The van der Waals surface area contributed by atoms with Crippen molar-refractivity contribution >= 4 is 36.0 Å². The molecular weight excluding hydrogens is 421 g/mol. The van der Waals surface area contributed by atoms with Crippen molar-refractivity contribution in [3.63, 3.8) is 0 Å². The molecule has 1 heterocycles. The van der Waals surface area contributed by atoms with Crippen molar-refractivity contribution in [3.05, 3.63) is 24.5 Å². The molecule has 0 spiro atoms. The van der Waals surface area contributed by atoms with Crippen molar-refractivity contribution in [1.29, 1.82) is 0 Å². The number of halogens is 1. The summed E-state index contributed by atoms with van der Waals surface area (Å²) >= 11 is 0. The Morgan fingerprint density at radius 3 is 2.25 bits per heavy atom. The van der Waals surface area contributed by atoms with Gasteiger partial charge in [0.25, 0.3) is 0 Å². The molecule has 3 N–H and O–H groups in total. The van der Waals surface area contributed by atoms with Crippen molar-refractivity contribution in [1.82, 2.24) is 20.5 Å². The molecule has 1 aromatic rings. The van der Waals surface area contributed by atoms with E-state index in [0.717, 1.165) is 32.0 Å². The van der Waals surface area contributed by atoms with Crippen LogP contribution in [0, 0.1) is 0 Å². The maximum absolute atomic E-state index is 11.5. The lowest BCUT2D eigenvalue weighted by molar-refractivity contribution is 0.0527. The van der Waals surface area contributed by atoms with Gasteiger partial charge in [0, 0.05) is 45.6 Å². The quantitative estimate of drug-likeness (QED) is 0.257. The molecule has 0 aliphatic carbocycles. The van der Waals surface area contributed by atoms with Gasteiger partial charge in [0.2, 0.25) is 0 Å². The van der Waals surface area contributed by atoms with Crippen LogP contribution in [0.1, 0.15) is 27.2 Å². The summed E-state index contributed by atoms with van der Waals surface area (Å²) in [4.78, 5) is 15.6. The fraction of sp³-hybridized carbons (Fsp3) is 0.625. The Morgan fingerprint density at radius 1 is 1.08 bits per heavy atom. The van der Waals surface area contributed by atoms with E-state index in [9.17, 15) is 4.79 Å². The topological polar surface area (TPSA) is 79.7 Å². The summed E-state index contributed by atoms with van der Waals surface area (Å²) in [5.41, 5.74) is -0.464. The molecule has 7 nitrogen and oxygen atoms in total. The number of carbonyl (C=O) groups excluding carboxylic acids is 1. The molecular formula is C16H30IN5O2. The van der Waals surface area contributed by atoms with Crippen LogP contribution in [-0.2, 0) is 11.3 Å². The second kappa shape index (κ2) is 12.0. The fourth-order valence-electron chi connectivity index (χ4n) is 1.84. The van der Waals surface area contributed by atoms with Gasteiger partial charge in [-0.1, -0.05) is 0 Å². The van der Waals surface area contributed by atoms with Crippen molar-refractivity contribution in [2.45, 2.75) is 39.3 Å². The van der Waals surface area contributed by atoms with Crippen molar-refractivity contribution < 1.29 is 9.53 Å². The summed E-state index contributed by atoms with van der Waals surface area (Å²) in [5.74, 6) is 0.759. The van der Waals surface area contributed by atoms with Crippen LogP contribution in [0.15, 0.2) is 29.5 Å². The smallest absolute Gasteiger partial charge is 0.407 e. The van der Waals surface area contributed by atoms with E-state index in [-0.39, 0.29) is 30.1 Å². The average molecular weight is 451 g/mol. The number of carbonyl (C=O) groups is 1.